The number of benzene rings is 1. The van der Waals surface area contributed by atoms with Crippen molar-refractivity contribution in [1.29, 1.82) is 0 Å². The van der Waals surface area contributed by atoms with Crippen LogP contribution in [0.1, 0.15) is 54.9 Å². The highest BCUT2D eigenvalue weighted by molar-refractivity contribution is 5.99. The van der Waals surface area contributed by atoms with E-state index in [0.29, 0.717) is 17.7 Å². The Morgan fingerprint density at radius 1 is 1.24 bits per heavy atom. The van der Waals surface area contributed by atoms with Gasteiger partial charge >= 0.3 is 0 Å². The molecule has 21 heavy (non-hydrogen) atoms. The molecule has 5 heteroatoms. The van der Waals surface area contributed by atoms with E-state index in [2.05, 4.69) is 17.4 Å². The van der Waals surface area contributed by atoms with Crippen LogP contribution in [0.2, 0.25) is 0 Å². The first kappa shape index (κ1) is 15.4. The summed E-state index contributed by atoms with van der Waals surface area (Å²) >= 11 is 0. The number of carbonyl (C=O) groups excluding carboxylic acids is 1. The molecule has 0 aliphatic heterocycles. The molecule has 5 nitrogen and oxygen atoms in total. The summed E-state index contributed by atoms with van der Waals surface area (Å²) in [7, 11) is 0. The van der Waals surface area contributed by atoms with Gasteiger partial charge in [0.05, 0.1) is 0 Å². The lowest BCUT2D eigenvalue weighted by molar-refractivity contribution is 0.0919. The number of nitrogens with two attached hydrogens (primary N) is 1. The first-order chi connectivity index (χ1) is 10.0. The quantitative estimate of drug-likeness (QED) is 0.344. The highest BCUT2D eigenvalue weighted by Gasteiger charge is 2.27. The number of hydrogen-bond acceptors (Lipinski definition) is 3. The maximum atomic E-state index is 12.2. The third-order valence-corrected chi connectivity index (χ3v) is 4.29. The molecule has 0 atom stereocenters. The first-order valence-corrected chi connectivity index (χ1v) is 7.40. The van der Waals surface area contributed by atoms with Crippen LogP contribution in [0.4, 0.5) is 0 Å². The second-order valence-electron chi connectivity index (χ2n) is 6.12. The zero-order chi connectivity index (χ0) is 15.3. The van der Waals surface area contributed by atoms with Crippen LogP contribution in [-0.2, 0) is 0 Å². The number of nitrogens with zero attached hydrogens (tertiary/aromatic N) is 1. The molecule has 1 aliphatic rings. The molecule has 1 aliphatic carbocycles. The summed E-state index contributed by atoms with van der Waals surface area (Å²) < 4.78 is 0. The summed E-state index contributed by atoms with van der Waals surface area (Å²) in [5.74, 6) is -0.0375. The van der Waals surface area contributed by atoms with Gasteiger partial charge in [-0.1, -0.05) is 43.5 Å². The average Bonchev–Trinajstić information content (AvgIpc) is 2.53. The van der Waals surface area contributed by atoms with Crippen LogP contribution in [0.25, 0.3) is 0 Å². The van der Waals surface area contributed by atoms with Gasteiger partial charge in [0.25, 0.3) is 5.91 Å². The van der Waals surface area contributed by atoms with E-state index >= 15 is 0 Å². The smallest absolute Gasteiger partial charge is 0.251 e. The number of oxime groups is 1. The van der Waals surface area contributed by atoms with E-state index in [0.717, 1.165) is 0 Å². The molecule has 1 aromatic carbocycles. The van der Waals surface area contributed by atoms with Crippen LogP contribution in [0, 0.1) is 5.41 Å². The Bertz CT molecular complexity index is 517. The molecule has 4 N–H and O–H groups in total. The molecule has 0 heterocycles. The predicted molar refractivity (Wildman–Crippen MR) is 82.5 cm³/mol. The molecule has 0 unspecified atom stereocenters. The minimum atomic E-state index is -0.0761. The molecule has 0 radical (unpaired) electrons. The Morgan fingerprint density at radius 3 is 2.38 bits per heavy atom. The molecular weight excluding hydrogens is 266 g/mol. The number of amides is 1. The van der Waals surface area contributed by atoms with E-state index in [1.807, 2.05) is 0 Å². The van der Waals surface area contributed by atoms with Gasteiger partial charge in [-0.2, -0.15) is 0 Å². The molecule has 0 spiro atoms. The van der Waals surface area contributed by atoms with Crippen molar-refractivity contribution in [1.82, 2.24) is 5.32 Å². The summed E-state index contributed by atoms with van der Waals surface area (Å²) in [6.45, 7) is 2.96. The van der Waals surface area contributed by atoms with Crippen molar-refractivity contribution >= 4 is 11.7 Å². The molecule has 0 aromatic heterocycles. The van der Waals surface area contributed by atoms with E-state index < -0.39 is 0 Å². The van der Waals surface area contributed by atoms with Crippen molar-refractivity contribution in [3.05, 3.63) is 35.4 Å². The van der Waals surface area contributed by atoms with Crippen LogP contribution >= 0.6 is 0 Å². The van der Waals surface area contributed by atoms with Crippen molar-refractivity contribution in [2.24, 2.45) is 16.3 Å². The summed E-state index contributed by atoms with van der Waals surface area (Å²) in [5.41, 5.74) is 6.90. The van der Waals surface area contributed by atoms with E-state index in [-0.39, 0.29) is 17.2 Å². The van der Waals surface area contributed by atoms with Gasteiger partial charge in [-0.25, -0.2) is 0 Å². The SMILES string of the molecule is CC1(CNC(=O)c2ccc(/C(N)=N/O)cc2)CCCCC1. The fourth-order valence-electron chi connectivity index (χ4n) is 2.83. The second kappa shape index (κ2) is 6.61. The molecule has 1 fully saturated rings. The number of hydrogen-bond donors (Lipinski definition) is 3. The molecular formula is C16H23N3O2. The van der Waals surface area contributed by atoms with Gasteiger partial charge in [-0.05, 0) is 30.4 Å². The van der Waals surface area contributed by atoms with Gasteiger partial charge in [0.15, 0.2) is 5.84 Å². The fraction of sp³-hybridized carbons (Fsp3) is 0.500. The first-order valence-electron chi connectivity index (χ1n) is 7.40. The second-order valence-corrected chi connectivity index (χ2v) is 6.12. The molecule has 114 valence electrons. The van der Waals surface area contributed by atoms with Gasteiger partial charge in [-0.3, -0.25) is 4.79 Å². The monoisotopic (exact) mass is 289 g/mol. The van der Waals surface area contributed by atoms with Crippen LogP contribution in [-0.4, -0.2) is 23.5 Å². The zero-order valence-electron chi connectivity index (χ0n) is 12.4. The Morgan fingerprint density at radius 2 is 1.81 bits per heavy atom. The third kappa shape index (κ3) is 3.97. The van der Waals surface area contributed by atoms with Crippen LogP contribution in [0.15, 0.2) is 29.4 Å². The molecule has 1 saturated carbocycles. The topological polar surface area (TPSA) is 87.7 Å². The number of nitrogens with one attached hydrogen (secondary N) is 1. The predicted octanol–water partition coefficient (Wildman–Crippen LogP) is 2.48. The normalized spacial score (nSPS) is 18.2. The maximum absolute atomic E-state index is 12.2. The Hall–Kier alpha value is -2.04. The number of carbonyl (C=O) groups is 1. The van der Waals surface area contributed by atoms with Crippen molar-refractivity contribution in [2.75, 3.05) is 6.54 Å². The van der Waals surface area contributed by atoms with Gasteiger partial charge in [0.1, 0.15) is 0 Å². The summed E-state index contributed by atoms with van der Waals surface area (Å²) in [6, 6.07) is 6.72. The van der Waals surface area contributed by atoms with Crippen molar-refractivity contribution in [2.45, 2.75) is 39.0 Å². The Labute approximate surface area is 125 Å². The lowest BCUT2D eigenvalue weighted by Crippen LogP contribution is -2.37. The standard InChI is InChI=1S/C16H23N3O2/c1-16(9-3-2-4-10-16)11-18-15(20)13-7-5-12(6-8-13)14(17)19-21/h5-8,21H,2-4,9-11H2,1H3,(H2,17,19)(H,18,20). The summed E-state index contributed by atoms with van der Waals surface area (Å²) in [5, 5.41) is 14.6. The summed E-state index contributed by atoms with van der Waals surface area (Å²) in [6.07, 6.45) is 6.16. The Balaban J connectivity index is 1.94. The van der Waals surface area contributed by atoms with E-state index in [9.17, 15) is 4.79 Å². The third-order valence-electron chi connectivity index (χ3n) is 4.29. The maximum Gasteiger partial charge on any atom is 0.251 e. The Kier molecular flexibility index (Phi) is 4.83. The summed E-state index contributed by atoms with van der Waals surface area (Å²) in [4.78, 5) is 12.2. The highest BCUT2D eigenvalue weighted by Crippen LogP contribution is 2.34. The molecule has 1 aromatic rings. The minimum Gasteiger partial charge on any atom is -0.409 e. The minimum absolute atomic E-state index is 0.0386. The number of rotatable bonds is 4. The van der Waals surface area contributed by atoms with Gasteiger partial charge in [0, 0.05) is 17.7 Å². The van der Waals surface area contributed by atoms with Gasteiger partial charge in [0.2, 0.25) is 0 Å². The van der Waals surface area contributed by atoms with Crippen LogP contribution in [0.3, 0.4) is 0 Å². The van der Waals surface area contributed by atoms with Crippen molar-refractivity contribution in [3.63, 3.8) is 0 Å². The number of amidine groups is 1. The lowest BCUT2D eigenvalue weighted by atomic mass is 9.76. The molecule has 2 rings (SSSR count). The lowest BCUT2D eigenvalue weighted by Gasteiger charge is -2.33. The average molecular weight is 289 g/mol. The van der Waals surface area contributed by atoms with Crippen LogP contribution < -0.4 is 11.1 Å². The highest BCUT2D eigenvalue weighted by atomic mass is 16.4. The molecule has 0 saturated heterocycles. The fourth-order valence-corrected chi connectivity index (χ4v) is 2.83. The van der Waals surface area contributed by atoms with Crippen molar-refractivity contribution < 1.29 is 10.0 Å². The van der Waals surface area contributed by atoms with Gasteiger partial charge < -0.3 is 16.3 Å². The van der Waals surface area contributed by atoms with Crippen LogP contribution in [0.5, 0.6) is 0 Å². The molecule has 0 bridgehead atoms. The van der Waals surface area contributed by atoms with E-state index in [1.54, 1.807) is 24.3 Å². The molecule has 1 amide bonds. The van der Waals surface area contributed by atoms with Gasteiger partial charge in [-0.15, -0.1) is 0 Å². The largest absolute Gasteiger partial charge is 0.409 e. The van der Waals surface area contributed by atoms with E-state index in [1.165, 1.54) is 32.1 Å². The zero-order valence-corrected chi connectivity index (χ0v) is 12.4. The van der Waals surface area contributed by atoms with Crippen molar-refractivity contribution in [3.8, 4) is 0 Å². The van der Waals surface area contributed by atoms with E-state index in [4.69, 9.17) is 10.9 Å².